The van der Waals surface area contributed by atoms with E-state index in [0.717, 1.165) is 6.07 Å². The molecule has 9 heteroatoms. The molecule has 0 aliphatic rings. The first-order valence-corrected chi connectivity index (χ1v) is 7.19. The number of benzene rings is 1. The molecule has 0 amide bonds. The van der Waals surface area contributed by atoms with Gasteiger partial charge in [0.1, 0.15) is 5.82 Å². The fourth-order valence-corrected chi connectivity index (χ4v) is 3.01. The zero-order valence-corrected chi connectivity index (χ0v) is 11.6. The van der Waals surface area contributed by atoms with Gasteiger partial charge < -0.3 is 0 Å². The lowest BCUT2D eigenvalue weighted by molar-refractivity contribution is -0.385. The first-order valence-electron chi connectivity index (χ1n) is 5.70. The summed E-state index contributed by atoms with van der Waals surface area (Å²) in [7, 11) is -4.10. The molecule has 1 N–H and O–H groups in total. The summed E-state index contributed by atoms with van der Waals surface area (Å²) in [6.07, 6.45) is 0. The minimum absolute atomic E-state index is 0.00796. The van der Waals surface area contributed by atoms with Gasteiger partial charge in [-0.25, -0.2) is 13.4 Å². The summed E-state index contributed by atoms with van der Waals surface area (Å²) in [5.41, 5.74) is -0.323. The van der Waals surface area contributed by atoms with E-state index < -0.39 is 20.9 Å². The Morgan fingerprint density at radius 1 is 1.24 bits per heavy atom. The Balaban J connectivity index is 2.45. The summed E-state index contributed by atoms with van der Waals surface area (Å²) >= 11 is 0. The van der Waals surface area contributed by atoms with Gasteiger partial charge in [-0.15, -0.1) is 0 Å². The van der Waals surface area contributed by atoms with Crippen LogP contribution in [0, 0.1) is 23.0 Å². The molecule has 2 aromatic rings. The van der Waals surface area contributed by atoms with Gasteiger partial charge in [0.15, 0.2) is 0 Å². The highest BCUT2D eigenvalue weighted by Crippen LogP contribution is 2.25. The number of halogens is 1. The summed E-state index contributed by atoms with van der Waals surface area (Å²) in [4.78, 5) is 13.3. The van der Waals surface area contributed by atoms with Crippen LogP contribution in [0.1, 0.15) is 5.56 Å². The van der Waals surface area contributed by atoms with Crippen molar-refractivity contribution in [3.63, 3.8) is 0 Å². The van der Waals surface area contributed by atoms with Crippen molar-refractivity contribution in [1.29, 1.82) is 0 Å². The lowest BCUT2D eigenvalue weighted by Gasteiger charge is -2.09. The molecule has 0 aliphatic carbocycles. The molecule has 110 valence electrons. The van der Waals surface area contributed by atoms with Crippen LogP contribution >= 0.6 is 0 Å². The molecule has 0 unspecified atom stereocenters. The number of nitro benzene ring substituents is 1. The molecule has 0 spiro atoms. The molecule has 0 radical (unpaired) electrons. The molecule has 0 atom stereocenters. The van der Waals surface area contributed by atoms with E-state index in [9.17, 15) is 22.9 Å². The van der Waals surface area contributed by atoms with Gasteiger partial charge in [-0.2, -0.15) is 4.39 Å². The van der Waals surface area contributed by atoms with E-state index in [1.165, 1.54) is 37.3 Å². The van der Waals surface area contributed by atoms with Crippen LogP contribution in [0.4, 0.5) is 15.9 Å². The number of hydrogen-bond donors (Lipinski definition) is 1. The predicted molar refractivity (Wildman–Crippen MR) is 72.8 cm³/mol. The number of nitrogens with zero attached hydrogens (tertiary/aromatic N) is 2. The molecule has 0 aliphatic heterocycles. The highest BCUT2D eigenvalue weighted by atomic mass is 32.2. The third-order valence-electron chi connectivity index (χ3n) is 2.70. The second kappa shape index (κ2) is 5.44. The first kappa shape index (κ1) is 14.9. The first-order chi connectivity index (χ1) is 9.81. The molecule has 2 rings (SSSR count). The van der Waals surface area contributed by atoms with Crippen molar-refractivity contribution in [2.75, 3.05) is 4.72 Å². The van der Waals surface area contributed by atoms with Crippen LogP contribution in [0.25, 0.3) is 0 Å². The number of anilines is 1. The molecule has 0 saturated carbocycles. The molecule has 0 saturated heterocycles. The Hall–Kier alpha value is -2.55. The molecular weight excluding hydrogens is 301 g/mol. The normalized spacial score (nSPS) is 11.1. The number of hydrogen-bond acceptors (Lipinski definition) is 5. The lowest BCUT2D eigenvalue weighted by Crippen LogP contribution is -2.16. The van der Waals surface area contributed by atoms with Crippen molar-refractivity contribution >= 4 is 21.5 Å². The molecule has 1 aromatic heterocycles. The van der Waals surface area contributed by atoms with Crippen LogP contribution in [0.2, 0.25) is 0 Å². The smallest absolute Gasteiger partial charge is 0.263 e. The van der Waals surface area contributed by atoms with E-state index in [1.54, 1.807) is 0 Å². The van der Waals surface area contributed by atoms with Crippen molar-refractivity contribution in [2.45, 2.75) is 11.8 Å². The van der Waals surface area contributed by atoms with E-state index in [-0.39, 0.29) is 22.0 Å². The van der Waals surface area contributed by atoms with Crippen LogP contribution in [0.3, 0.4) is 0 Å². The van der Waals surface area contributed by atoms with Crippen molar-refractivity contribution in [3.05, 3.63) is 58.0 Å². The van der Waals surface area contributed by atoms with Crippen LogP contribution in [-0.2, 0) is 10.0 Å². The summed E-state index contributed by atoms with van der Waals surface area (Å²) < 4.78 is 39.5. The van der Waals surface area contributed by atoms with Crippen molar-refractivity contribution in [3.8, 4) is 0 Å². The maximum absolute atomic E-state index is 13.0. The van der Waals surface area contributed by atoms with Gasteiger partial charge in [-0.05, 0) is 25.1 Å². The second-order valence-electron chi connectivity index (χ2n) is 4.11. The minimum Gasteiger partial charge on any atom is -0.263 e. The maximum atomic E-state index is 13.0. The van der Waals surface area contributed by atoms with Crippen LogP contribution in [-0.4, -0.2) is 18.3 Å². The number of nitro groups is 1. The average molecular weight is 311 g/mol. The Labute approximate surface area is 119 Å². The Morgan fingerprint density at radius 3 is 2.52 bits per heavy atom. The largest absolute Gasteiger partial charge is 0.273 e. The maximum Gasteiger partial charge on any atom is 0.273 e. The molecule has 1 heterocycles. The average Bonchev–Trinajstić information content (AvgIpc) is 2.37. The molecule has 7 nitrogen and oxygen atoms in total. The molecule has 21 heavy (non-hydrogen) atoms. The van der Waals surface area contributed by atoms with Crippen molar-refractivity contribution in [2.24, 2.45) is 0 Å². The van der Waals surface area contributed by atoms with E-state index in [0.29, 0.717) is 0 Å². The molecular formula is C12H10FN3O4S. The Kier molecular flexibility index (Phi) is 3.85. The molecule has 1 aromatic carbocycles. The third-order valence-corrected chi connectivity index (χ3v) is 4.19. The highest BCUT2D eigenvalue weighted by molar-refractivity contribution is 7.92. The third kappa shape index (κ3) is 3.14. The van der Waals surface area contributed by atoms with Gasteiger partial charge in [0.05, 0.1) is 9.82 Å². The minimum atomic E-state index is -4.10. The van der Waals surface area contributed by atoms with Crippen LogP contribution < -0.4 is 4.72 Å². The van der Waals surface area contributed by atoms with Gasteiger partial charge >= 0.3 is 0 Å². The highest BCUT2D eigenvalue weighted by Gasteiger charge is 2.23. The molecule has 0 bridgehead atoms. The van der Waals surface area contributed by atoms with Gasteiger partial charge in [-0.1, -0.05) is 12.1 Å². The predicted octanol–water partition coefficient (Wildman–Crippen LogP) is 2.24. The van der Waals surface area contributed by atoms with Crippen molar-refractivity contribution in [1.82, 2.24) is 4.98 Å². The number of rotatable bonds is 4. The number of sulfonamides is 1. The fraction of sp³-hybridized carbons (Fsp3) is 0.0833. The van der Waals surface area contributed by atoms with E-state index in [1.807, 2.05) is 0 Å². The number of pyridine rings is 1. The van der Waals surface area contributed by atoms with Gasteiger partial charge in [0.2, 0.25) is 5.95 Å². The SMILES string of the molecule is Cc1c([N+](=O)[O-])cccc1S(=O)(=O)Nc1cccc(F)n1. The fourth-order valence-electron chi connectivity index (χ4n) is 1.75. The summed E-state index contributed by atoms with van der Waals surface area (Å²) in [6, 6.07) is 7.32. The van der Waals surface area contributed by atoms with Crippen molar-refractivity contribution < 1.29 is 17.7 Å². The lowest BCUT2D eigenvalue weighted by atomic mass is 10.2. The monoisotopic (exact) mass is 311 g/mol. The summed E-state index contributed by atoms with van der Waals surface area (Å²) in [6.45, 7) is 1.33. The zero-order valence-electron chi connectivity index (χ0n) is 10.8. The summed E-state index contributed by atoms with van der Waals surface area (Å²) in [5, 5.41) is 10.8. The van der Waals surface area contributed by atoms with E-state index in [2.05, 4.69) is 9.71 Å². The van der Waals surface area contributed by atoms with Crippen LogP contribution in [0.5, 0.6) is 0 Å². The topological polar surface area (TPSA) is 102 Å². The number of aromatic nitrogens is 1. The number of nitrogens with one attached hydrogen (secondary N) is 1. The van der Waals surface area contributed by atoms with Gasteiger partial charge in [0.25, 0.3) is 15.7 Å². The van der Waals surface area contributed by atoms with E-state index in [4.69, 9.17) is 0 Å². The quantitative estimate of drug-likeness (QED) is 0.530. The Bertz CT molecular complexity index is 808. The summed E-state index contributed by atoms with van der Waals surface area (Å²) in [5.74, 6) is -1.05. The Morgan fingerprint density at radius 2 is 1.90 bits per heavy atom. The standard InChI is InChI=1S/C12H10FN3O4S/c1-8-9(16(17)18)4-2-5-10(8)21(19,20)15-12-7-3-6-11(13)14-12/h2-7H,1H3,(H,14,15). The second-order valence-corrected chi connectivity index (χ2v) is 5.76. The zero-order chi connectivity index (χ0) is 15.6. The van der Waals surface area contributed by atoms with Gasteiger partial charge in [0, 0.05) is 11.6 Å². The van der Waals surface area contributed by atoms with E-state index >= 15 is 0 Å². The van der Waals surface area contributed by atoms with Gasteiger partial charge in [-0.3, -0.25) is 14.8 Å². The molecule has 0 fully saturated rings. The van der Waals surface area contributed by atoms with Crippen LogP contribution in [0.15, 0.2) is 41.3 Å².